The van der Waals surface area contributed by atoms with Crippen molar-refractivity contribution in [3.63, 3.8) is 0 Å². The van der Waals surface area contributed by atoms with Crippen LogP contribution in [0.15, 0.2) is 36.4 Å². The molecule has 2 aromatic carbocycles. The van der Waals surface area contributed by atoms with Crippen molar-refractivity contribution in [2.24, 2.45) is 0 Å². The minimum absolute atomic E-state index is 0.187. The van der Waals surface area contributed by atoms with Crippen molar-refractivity contribution in [1.82, 2.24) is 0 Å². The van der Waals surface area contributed by atoms with Crippen LogP contribution in [0.2, 0.25) is 0 Å². The van der Waals surface area contributed by atoms with E-state index in [2.05, 4.69) is 5.92 Å². The van der Waals surface area contributed by atoms with Gasteiger partial charge in [0.1, 0.15) is 6.29 Å². The summed E-state index contributed by atoms with van der Waals surface area (Å²) in [7, 11) is 1.63. The van der Waals surface area contributed by atoms with Gasteiger partial charge in [-0.15, -0.1) is 12.3 Å². The Balaban J connectivity index is 2.08. The van der Waals surface area contributed by atoms with Crippen LogP contribution in [0.1, 0.15) is 44.6 Å². The Kier molecular flexibility index (Phi) is 7.72. The summed E-state index contributed by atoms with van der Waals surface area (Å²) < 4.78 is 11.8. The molecule has 0 heterocycles. The minimum Gasteiger partial charge on any atom is -0.493 e. The van der Waals surface area contributed by atoms with Crippen LogP contribution in [-0.2, 0) is 16.0 Å². The van der Waals surface area contributed by atoms with Gasteiger partial charge in [-0.1, -0.05) is 12.1 Å². The Labute approximate surface area is 184 Å². The van der Waals surface area contributed by atoms with E-state index in [4.69, 9.17) is 15.9 Å². The van der Waals surface area contributed by atoms with Gasteiger partial charge >= 0.3 is 0 Å². The summed E-state index contributed by atoms with van der Waals surface area (Å²) in [5, 5.41) is 0. The van der Waals surface area contributed by atoms with E-state index < -0.39 is 6.04 Å². The molecular formula is C26H29NO4. The van der Waals surface area contributed by atoms with Gasteiger partial charge in [-0.05, 0) is 74.4 Å². The molecule has 0 aliphatic heterocycles. The van der Waals surface area contributed by atoms with E-state index >= 15 is 0 Å². The molecule has 1 amide bonds. The molecule has 1 atom stereocenters. The van der Waals surface area contributed by atoms with Gasteiger partial charge in [0, 0.05) is 12.0 Å². The van der Waals surface area contributed by atoms with Gasteiger partial charge in [0.15, 0.2) is 11.5 Å². The van der Waals surface area contributed by atoms with Crippen LogP contribution >= 0.6 is 0 Å². The molecule has 3 rings (SSSR count). The number of terminal acetylenes is 1. The Bertz CT molecular complexity index is 956. The van der Waals surface area contributed by atoms with Crippen LogP contribution in [0.5, 0.6) is 11.5 Å². The number of carbonyl (C=O) groups excluding carboxylic acids is 2. The molecule has 162 valence electrons. The van der Waals surface area contributed by atoms with Crippen molar-refractivity contribution < 1.29 is 19.1 Å². The summed E-state index contributed by atoms with van der Waals surface area (Å²) in [6.45, 7) is 1.69. The van der Waals surface area contributed by atoms with Gasteiger partial charge in [0.25, 0.3) is 0 Å². The fourth-order valence-corrected chi connectivity index (χ4v) is 3.97. The maximum absolute atomic E-state index is 11.8. The third-order valence-corrected chi connectivity index (χ3v) is 5.72. The first-order chi connectivity index (χ1) is 15.1. The van der Waals surface area contributed by atoms with E-state index in [1.54, 1.807) is 14.0 Å². The highest BCUT2D eigenvalue weighted by atomic mass is 16.5. The number of aldehydes is 1. The quantitative estimate of drug-likeness (QED) is 0.410. The number of hydrogen-bond donors (Lipinski definition) is 0. The van der Waals surface area contributed by atoms with Gasteiger partial charge in [0.05, 0.1) is 24.9 Å². The van der Waals surface area contributed by atoms with E-state index in [0.29, 0.717) is 30.0 Å². The van der Waals surface area contributed by atoms with Gasteiger partial charge in [-0.25, -0.2) is 0 Å². The molecular weight excluding hydrogens is 390 g/mol. The molecule has 1 unspecified atom stereocenters. The number of rotatable bonds is 10. The zero-order valence-corrected chi connectivity index (χ0v) is 18.2. The highest BCUT2D eigenvalue weighted by Crippen LogP contribution is 2.39. The molecule has 0 N–H and O–H groups in total. The number of carbonyl (C=O) groups is 2. The van der Waals surface area contributed by atoms with Crippen molar-refractivity contribution in [2.45, 2.75) is 57.6 Å². The molecule has 5 heteroatoms. The van der Waals surface area contributed by atoms with Crippen LogP contribution in [0, 0.1) is 12.3 Å². The first-order valence-electron chi connectivity index (χ1n) is 10.7. The van der Waals surface area contributed by atoms with Crippen LogP contribution in [-0.4, -0.2) is 32.0 Å². The fraction of sp³-hybridized carbons (Fsp3) is 0.385. The number of ether oxygens (including phenoxy) is 2. The Morgan fingerprint density at radius 1 is 1.16 bits per heavy atom. The average Bonchev–Trinajstić information content (AvgIpc) is 3.31. The molecule has 2 aromatic rings. The van der Waals surface area contributed by atoms with Crippen molar-refractivity contribution in [2.75, 3.05) is 12.0 Å². The number of hydrogen-bond acceptors (Lipinski definition) is 4. The van der Waals surface area contributed by atoms with Gasteiger partial charge < -0.3 is 19.2 Å². The molecule has 0 spiro atoms. The standard InChI is InChI=1S/C26H29NO4/c1-4-5-8-20-11-13-24(27(18-29)19(2)17-28)23(15-20)21-12-14-25(30-3)26(16-21)31-22-9-6-7-10-22/h1,11-19,22H,5-10H2,2-3H3. The number of nitrogens with zero attached hydrogens (tertiary/aromatic N) is 1. The average molecular weight is 420 g/mol. The lowest BCUT2D eigenvalue weighted by Gasteiger charge is -2.25. The number of anilines is 1. The summed E-state index contributed by atoms with van der Waals surface area (Å²) in [5.41, 5.74) is 3.46. The lowest BCUT2D eigenvalue weighted by Crippen LogP contribution is -2.33. The number of benzene rings is 2. The van der Waals surface area contributed by atoms with Crippen molar-refractivity contribution in [3.8, 4) is 35.0 Å². The summed E-state index contributed by atoms with van der Waals surface area (Å²) in [4.78, 5) is 24.7. The molecule has 1 aliphatic carbocycles. The van der Waals surface area contributed by atoms with Crippen molar-refractivity contribution in [3.05, 3.63) is 42.0 Å². The number of aryl methyl sites for hydroxylation is 1. The molecule has 1 saturated carbocycles. The lowest BCUT2D eigenvalue weighted by molar-refractivity contribution is -0.112. The SMILES string of the molecule is C#CCCc1ccc(N(C=O)C(C)C=O)c(-c2ccc(OC)c(OC3CCCC3)c2)c1. The molecule has 1 aliphatic rings. The molecule has 31 heavy (non-hydrogen) atoms. The second-order valence-corrected chi connectivity index (χ2v) is 7.83. The molecule has 0 bridgehead atoms. The van der Waals surface area contributed by atoms with E-state index in [1.165, 1.54) is 17.7 Å². The number of methoxy groups -OCH3 is 1. The molecule has 5 nitrogen and oxygen atoms in total. The Morgan fingerprint density at radius 3 is 2.58 bits per heavy atom. The van der Waals surface area contributed by atoms with Gasteiger partial charge in [-0.2, -0.15) is 0 Å². The first kappa shape index (κ1) is 22.4. The molecule has 1 fully saturated rings. The summed E-state index contributed by atoms with van der Waals surface area (Å²) >= 11 is 0. The maximum Gasteiger partial charge on any atom is 0.214 e. The third-order valence-electron chi connectivity index (χ3n) is 5.72. The Hall–Kier alpha value is -3.26. The smallest absolute Gasteiger partial charge is 0.214 e. The van der Waals surface area contributed by atoms with Gasteiger partial charge in [0.2, 0.25) is 6.41 Å². The molecule has 0 radical (unpaired) electrons. The summed E-state index contributed by atoms with van der Waals surface area (Å²) in [6.07, 6.45) is 12.9. The normalized spacial score (nSPS) is 14.5. The lowest BCUT2D eigenvalue weighted by atomic mass is 9.97. The second-order valence-electron chi connectivity index (χ2n) is 7.83. The molecule has 0 aromatic heterocycles. The van der Waals surface area contributed by atoms with Crippen LogP contribution in [0.4, 0.5) is 5.69 Å². The van der Waals surface area contributed by atoms with Crippen LogP contribution in [0.25, 0.3) is 11.1 Å². The third kappa shape index (κ3) is 5.27. The topological polar surface area (TPSA) is 55.8 Å². The monoisotopic (exact) mass is 419 g/mol. The highest BCUT2D eigenvalue weighted by Gasteiger charge is 2.21. The second kappa shape index (κ2) is 10.7. The van der Waals surface area contributed by atoms with Crippen LogP contribution in [0.3, 0.4) is 0 Å². The van der Waals surface area contributed by atoms with Gasteiger partial charge in [-0.3, -0.25) is 4.79 Å². The fourth-order valence-electron chi connectivity index (χ4n) is 3.97. The van der Waals surface area contributed by atoms with Crippen LogP contribution < -0.4 is 14.4 Å². The predicted octanol–water partition coefficient (Wildman–Crippen LogP) is 4.80. The van der Waals surface area contributed by atoms with E-state index in [-0.39, 0.29) is 6.10 Å². The van der Waals surface area contributed by atoms with E-state index in [0.717, 1.165) is 42.2 Å². The Morgan fingerprint density at radius 2 is 1.94 bits per heavy atom. The summed E-state index contributed by atoms with van der Waals surface area (Å²) in [6, 6.07) is 11.0. The first-order valence-corrected chi connectivity index (χ1v) is 10.7. The molecule has 0 saturated heterocycles. The zero-order chi connectivity index (χ0) is 22.2. The summed E-state index contributed by atoms with van der Waals surface area (Å²) in [5.74, 6) is 4.03. The largest absolute Gasteiger partial charge is 0.493 e. The van der Waals surface area contributed by atoms with Crippen molar-refractivity contribution >= 4 is 18.4 Å². The van der Waals surface area contributed by atoms with E-state index in [9.17, 15) is 9.59 Å². The predicted molar refractivity (Wildman–Crippen MR) is 123 cm³/mol. The van der Waals surface area contributed by atoms with E-state index in [1.807, 2.05) is 36.4 Å². The zero-order valence-electron chi connectivity index (χ0n) is 18.2. The minimum atomic E-state index is -0.583. The van der Waals surface area contributed by atoms with Crippen molar-refractivity contribution in [1.29, 1.82) is 0 Å². The highest BCUT2D eigenvalue weighted by molar-refractivity contribution is 5.91. The maximum atomic E-state index is 11.8. The number of amides is 1.